The van der Waals surface area contributed by atoms with Crippen molar-refractivity contribution in [1.82, 2.24) is 20.2 Å². The normalized spacial score (nSPS) is 13.1. The van der Waals surface area contributed by atoms with Gasteiger partial charge in [-0.1, -0.05) is 6.92 Å². The molecule has 0 fully saturated rings. The highest BCUT2D eigenvalue weighted by atomic mass is 32.2. The second-order valence-electron chi connectivity index (χ2n) is 5.07. The van der Waals surface area contributed by atoms with Gasteiger partial charge < -0.3 is 5.32 Å². The van der Waals surface area contributed by atoms with E-state index in [1.54, 1.807) is 20.0 Å². The molecule has 1 aromatic heterocycles. The van der Waals surface area contributed by atoms with Crippen molar-refractivity contribution in [3.05, 3.63) is 17.5 Å². The zero-order valence-electron chi connectivity index (χ0n) is 12.8. The minimum Gasteiger partial charge on any atom is -0.355 e. The van der Waals surface area contributed by atoms with Crippen LogP contribution >= 0.6 is 0 Å². The Bertz CT molecular complexity index is 554. The Morgan fingerprint density at radius 3 is 2.76 bits per heavy atom. The van der Waals surface area contributed by atoms with Gasteiger partial charge in [0, 0.05) is 12.2 Å². The molecule has 0 aliphatic carbocycles. The number of nitrogens with one attached hydrogen (secondary N) is 3. The number of nitrogens with zero attached hydrogens (tertiary/aromatic N) is 1. The van der Waals surface area contributed by atoms with Gasteiger partial charge in [0.15, 0.2) is 0 Å². The molecule has 0 radical (unpaired) electrons. The smallest absolute Gasteiger partial charge is 0.237 e. The lowest BCUT2D eigenvalue weighted by molar-refractivity contribution is -0.122. The van der Waals surface area contributed by atoms with Crippen LogP contribution in [0.15, 0.2) is 6.20 Å². The number of sulfonamides is 1. The van der Waals surface area contributed by atoms with Gasteiger partial charge in [-0.25, -0.2) is 13.1 Å². The fourth-order valence-corrected chi connectivity index (χ4v) is 3.22. The number of aromatic amines is 1. The average Bonchev–Trinajstić information content (AvgIpc) is 2.79. The molecule has 1 unspecified atom stereocenters. The molecule has 0 aliphatic heterocycles. The first kappa shape index (κ1) is 17.6. The summed E-state index contributed by atoms with van der Waals surface area (Å²) in [6, 6.07) is -0.753. The molecule has 1 amide bonds. The average molecular weight is 316 g/mol. The van der Waals surface area contributed by atoms with Crippen LogP contribution in [0.4, 0.5) is 0 Å². The van der Waals surface area contributed by atoms with E-state index in [2.05, 4.69) is 20.2 Å². The molecule has 1 rings (SSSR count). The highest BCUT2D eigenvalue weighted by Crippen LogP contribution is 2.05. The second kappa shape index (κ2) is 8.14. The Morgan fingerprint density at radius 1 is 1.48 bits per heavy atom. The maximum atomic E-state index is 11.8. The van der Waals surface area contributed by atoms with Crippen LogP contribution in [0.2, 0.25) is 0 Å². The Kier molecular flexibility index (Phi) is 6.83. The molecule has 7 nitrogen and oxygen atoms in total. The Balaban J connectivity index is 2.28. The zero-order chi connectivity index (χ0) is 15.9. The van der Waals surface area contributed by atoms with Gasteiger partial charge in [0.25, 0.3) is 0 Å². The van der Waals surface area contributed by atoms with Gasteiger partial charge in [-0.15, -0.1) is 0 Å². The minimum atomic E-state index is -3.37. The van der Waals surface area contributed by atoms with Gasteiger partial charge >= 0.3 is 0 Å². The Morgan fingerprint density at radius 2 is 2.19 bits per heavy atom. The van der Waals surface area contributed by atoms with E-state index < -0.39 is 16.1 Å². The first-order valence-electron chi connectivity index (χ1n) is 7.12. The lowest BCUT2D eigenvalue weighted by Gasteiger charge is -2.14. The van der Waals surface area contributed by atoms with Crippen molar-refractivity contribution in [2.24, 2.45) is 0 Å². The molecule has 8 heteroatoms. The van der Waals surface area contributed by atoms with Gasteiger partial charge in [-0.2, -0.15) is 5.10 Å². The Labute approximate surface area is 126 Å². The number of hydrogen-bond acceptors (Lipinski definition) is 4. The number of amides is 1. The monoisotopic (exact) mass is 316 g/mol. The second-order valence-corrected chi connectivity index (χ2v) is 6.95. The number of aryl methyl sites for hydroxylation is 2. The molecular formula is C13H24N4O3S. The molecule has 21 heavy (non-hydrogen) atoms. The number of aromatic nitrogens is 2. The van der Waals surface area contributed by atoms with E-state index in [4.69, 9.17) is 0 Å². The molecule has 1 heterocycles. The van der Waals surface area contributed by atoms with Gasteiger partial charge in [-0.3, -0.25) is 9.89 Å². The summed E-state index contributed by atoms with van der Waals surface area (Å²) < 4.78 is 25.5. The van der Waals surface area contributed by atoms with Crippen molar-refractivity contribution in [1.29, 1.82) is 0 Å². The van der Waals surface area contributed by atoms with Crippen molar-refractivity contribution in [3.63, 3.8) is 0 Å². The summed E-state index contributed by atoms with van der Waals surface area (Å²) in [6.07, 6.45) is 3.89. The van der Waals surface area contributed by atoms with E-state index >= 15 is 0 Å². The SMILES string of the molecule is CCCS(=O)(=O)NC(C)C(=O)NCCCc1cn[nH]c1C. The summed E-state index contributed by atoms with van der Waals surface area (Å²) >= 11 is 0. The van der Waals surface area contributed by atoms with Gasteiger partial charge in [0.2, 0.25) is 15.9 Å². The summed E-state index contributed by atoms with van der Waals surface area (Å²) in [6.45, 7) is 5.78. The summed E-state index contributed by atoms with van der Waals surface area (Å²) in [4.78, 5) is 11.8. The first-order valence-corrected chi connectivity index (χ1v) is 8.77. The third kappa shape index (κ3) is 6.26. The number of hydrogen-bond donors (Lipinski definition) is 3. The van der Waals surface area contributed by atoms with Gasteiger partial charge in [-0.05, 0) is 38.7 Å². The van der Waals surface area contributed by atoms with Crippen molar-refractivity contribution < 1.29 is 13.2 Å². The predicted octanol–water partition coefficient (Wildman–Crippen LogP) is 0.485. The number of carbonyl (C=O) groups excluding carboxylic acids is 1. The third-order valence-corrected chi connectivity index (χ3v) is 4.74. The van der Waals surface area contributed by atoms with E-state index in [0.717, 1.165) is 24.1 Å². The maximum Gasteiger partial charge on any atom is 0.237 e. The largest absolute Gasteiger partial charge is 0.355 e. The van der Waals surface area contributed by atoms with Gasteiger partial charge in [0.1, 0.15) is 0 Å². The fourth-order valence-electron chi connectivity index (χ4n) is 1.92. The van der Waals surface area contributed by atoms with Crippen molar-refractivity contribution in [3.8, 4) is 0 Å². The number of H-pyrrole nitrogens is 1. The Hall–Kier alpha value is -1.41. The summed E-state index contributed by atoms with van der Waals surface area (Å²) in [5.74, 6) is -0.275. The third-order valence-electron chi connectivity index (χ3n) is 3.08. The lowest BCUT2D eigenvalue weighted by Crippen LogP contribution is -2.45. The molecule has 120 valence electrons. The molecule has 0 saturated heterocycles. The molecule has 0 aromatic carbocycles. The molecule has 1 aromatic rings. The van der Waals surface area contributed by atoms with Crippen molar-refractivity contribution >= 4 is 15.9 Å². The van der Waals surface area contributed by atoms with Crippen LogP contribution in [0.1, 0.15) is 37.9 Å². The maximum absolute atomic E-state index is 11.8. The van der Waals surface area contributed by atoms with Crippen LogP contribution in [-0.4, -0.2) is 42.9 Å². The summed E-state index contributed by atoms with van der Waals surface area (Å²) in [5.41, 5.74) is 2.16. The molecular weight excluding hydrogens is 292 g/mol. The lowest BCUT2D eigenvalue weighted by atomic mass is 10.1. The highest BCUT2D eigenvalue weighted by Gasteiger charge is 2.18. The van der Waals surface area contributed by atoms with Crippen LogP contribution in [0, 0.1) is 6.92 Å². The van der Waals surface area contributed by atoms with E-state index in [1.807, 2.05) is 6.92 Å². The van der Waals surface area contributed by atoms with Crippen molar-refractivity contribution in [2.75, 3.05) is 12.3 Å². The van der Waals surface area contributed by atoms with Gasteiger partial charge in [0.05, 0.1) is 18.0 Å². The van der Waals surface area contributed by atoms with Crippen LogP contribution < -0.4 is 10.0 Å². The van der Waals surface area contributed by atoms with E-state index in [0.29, 0.717) is 13.0 Å². The molecule has 1 atom stereocenters. The van der Waals surface area contributed by atoms with E-state index in [-0.39, 0.29) is 11.7 Å². The number of carbonyl (C=O) groups is 1. The molecule has 0 bridgehead atoms. The summed E-state index contributed by atoms with van der Waals surface area (Å²) in [7, 11) is -3.37. The van der Waals surface area contributed by atoms with E-state index in [9.17, 15) is 13.2 Å². The molecule has 0 saturated carbocycles. The van der Waals surface area contributed by atoms with Crippen LogP contribution in [0.25, 0.3) is 0 Å². The topological polar surface area (TPSA) is 104 Å². The van der Waals surface area contributed by atoms with E-state index in [1.165, 1.54) is 0 Å². The molecule has 3 N–H and O–H groups in total. The first-order chi connectivity index (χ1) is 9.85. The zero-order valence-corrected chi connectivity index (χ0v) is 13.6. The molecule has 0 aliphatic rings. The highest BCUT2D eigenvalue weighted by molar-refractivity contribution is 7.89. The van der Waals surface area contributed by atoms with Crippen LogP contribution in [0.3, 0.4) is 0 Å². The van der Waals surface area contributed by atoms with Crippen LogP contribution in [-0.2, 0) is 21.2 Å². The van der Waals surface area contributed by atoms with Crippen LogP contribution in [0.5, 0.6) is 0 Å². The quantitative estimate of drug-likeness (QED) is 0.577. The van der Waals surface area contributed by atoms with Crippen molar-refractivity contribution in [2.45, 2.75) is 46.1 Å². The fraction of sp³-hybridized carbons (Fsp3) is 0.692. The standard InChI is InChI=1S/C13H24N4O3S/c1-4-8-21(19,20)17-11(3)13(18)14-7-5-6-12-9-15-16-10(12)2/h9,11,17H,4-8H2,1-3H3,(H,14,18)(H,15,16). The number of rotatable bonds is 9. The summed E-state index contributed by atoms with van der Waals surface area (Å²) in [5, 5.41) is 9.53. The minimum absolute atomic E-state index is 0.0321. The predicted molar refractivity (Wildman–Crippen MR) is 81.3 cm³/mol. The molecule has 0 spiro atoms.